The number of aryl methyl sites for hydroxylation is 1. The number of allylic oxidation sites excluding steroid dienone is 1. The van der Waals surface area contributed by atoms with E-state index in [-0.39, 0.29) is 17.5 Å². The zero-order valence-electron chi connectivity index (χ0n) is 29.1. The molecule has 1 saturated heterocycles. The summed E-state index contributed by atoms with van der Waals surface area (Å²) in [6, 6.07) is 16.2. The highest BCUT2D eigenvalue weighted by atomic mass is 19.1. The number of anilines is 3. The molecule has 1 atom stereocenters. The largest absolute Gasteiger partial charge is 0.497 e. The fourth-order valence-electron chi connectivity index (χ4n) is 6.19. The minimum absolute atomic E-state index is 0.0847. The number of piperazine rings is 1. The molecule has 1 fully saturated rings. The second-order valence-corrected chi connectivity index (χ2v) is 12.2. The summed E-state index contributed by atoms with van der Waals surface area (Å²) in [5.41, 5.74) is 3.46. The molecule has 50 heavy (non-hydrogen) atoms. The molecule has 4 aromatic rings. The summed E-state index contributed by atoms with van der Waals surface area (Å²) in [4.78, 5) is 28.1. The third-order valence-electron chi connectivity index (χ3n) is 8.80. The van der Waals surface area contributed by atoms with Gasteiger partial charge in [-0.15, -0.1) is 6.58 Å². The van der Waals surface area contributed by atoms with Crippen LogP contribution in [0.25, 0.3) is 0 Å². The highest BCUT2D eigenvalue weighted by molar-refractivity contribution is 5.87. The van der Waals surface area contributed by atoms with Crippen LogP contribution in [0.5, 0.6) is 17.2 Å². The van der Waals surface area contributed by atoms with Gasteiger partial charge in [-0.25, -0.2) is 19.1 Å². The van der Waals surface area contributed by atoms with E-state index in [0.29, 0.717) is 35.8 Å². The summed E-state index contributed by atoms with van der Waals surface area (Å²) in [7, 11) is 5.21. The fraction of sp³-hybridized carbons (Fsp3) is 0.342. The van der Waals surface area contributed by atoms with Gasteiger partial charge in [0.1, 0.15) is 17.3 Å². The minimum Gasteiger partial charge on any atom is -0.497 e. The van der Waals surface area contributed by atoms with Crippen LogP contribution >= 0.6 is 0 Å². The second kappa shape index (κ2) is 17.0. The molecule has 1 aliphatic rings. The quantitative estimate of drug-likeness (QED) is 0.104. The maximum absolute atomic E-state index is 15.1. The lowest BCUT2D eigenvalue weighted by molar-refractivity contribution is 0.145. The van der Waals surface area contributed by atoms with Crippen LogP contribution in [0.2, 0.25) is 0 Å². The van der Waals surface area contributed by atoms with E-state index < -0.39 is 18.0 Å². The number of nitrogens with zero attached hydrogens (tertiary/aromatic N) is 5. The van der Waals surface area contributed by atoms with E-state index in [1.807, 2.05) is 25.1 Å². The van der Waals surface area contributed by atoms with Crippen LogP contribution in [0.15, 0.2) is 79.5 Å². The van der Waals surface area contributed by atoms with Crippen molar-refractivity contribution in [1.29, 1.82) is 0 Å². The lowest BCUT2D eigenvalue weighted by Gasteiger charge is -2.33. The van der Waals surface area contributed by atoms with Crippen LogP contribution in [-0.2, 0) is 6.42 Å². The van der Waals surface area contributed by atoms with Crippen molar-refractivity contribution in [3.8, 4) is 17.2 Å². The number of hydrogen-bond acceptors (Lipinski definition) is 9. The number of methoxy groups -OCH3 is 2. The Bertz CT molecular complexity index is 1780. The maximum atomic E-state index is 15.1. The molecule has 0 radical (unpaired) electrons. The van der Waals surface area contributed by atoms with Gasteiger partial charge in [-0.05, 0) is 79.9 Å². The Hall–Kier alpha value is -5.20. The third kappa shape index (κ3) is 8.68. The summed E-state index contributed by atoms with van der Waals surface area (Å²) in [6.45, 7) is 11.3. The summed E-state index contributed by atoms with van der Waals surface area (Å²) >= 11 is 0. The number of benzene rings is 3. The summed E-state index contributed by atoms with van der Waals surface area (Å²) in [5, 5.41) is 13.8. The summed E-state index contributed by atoms with van der Waals surface area (Å²) < 4.78 is 32.1. The van der Waals surface area contributed by atoms with Gasteiger partial charge in [-0.1, -0.05) is 24.3 Å². The van der Waals surface area contributed by atoms with Crippen molar-refractivity contribution in [2.75, 3.05) is 70.8 Å². The van der Waals surface area contributed by atoms with Gasteiger partial charge in [-0.3, -0.25) is 0 Å². The minimum atomic E-state index is -1.25. The number of likely N-dealkylation sites (N-methyl/N-ethyl adjacent to an activating group) is 1. The average molecular weight is 685 g/mol. The lowest BCUT2D eigenvalue weighted by atomic mass is 9.88. The van der Waals surface area contributed by atoms with E-state index in [1.165, 1.54) is 30.3 Å². The molecule has 12 heteroatoms. The van der Waals surface area contributed by atoms with Crippen LogP contribution in [0.3, 0.4) is 0 Å². The highest BCUT2D eigenvalue weighted by Crippen LogP contribution is 2.42. The standard InChI is InChI=1S/C38H45FN6O5/c1-6-9-27-11-7-10-26(2)35(27)36(30-25-29(48-4)13-15-32(30)49-5)45(38(46)47)34-16-17-40-37(42-34)41-28-12-14-33(31(39)24-28)50-23-8-18-44-21-19-43(3)20-22-44/h6-7,10-17,24-25,36H,1,8-9,18-23H2,2-5H3,(H,46,47)(H,40,41,42). The van der Waals surface area contributed by atoms with Crippen molar-refractivity contribution in [1.82, 2.24) is 19.8 Å². The SMILES string of the molecule is C=CCc1cccc(C)c1C(c1cc(OC)ccc1OC)N(C(=O)O)c1ccnc(Nc2ccc(OCCCN3CCN(C)CC3)c(F)c2)n1. The number of carbonyl (C=O) groups is 1. The van der Waals surface area contributed by atoms with Gasteiger partial charge in [0.05, 0.1) is 26.9 Å². The molecule has 1 unspecified atom stereocenters. The van der Waals surface area contributed by atoms with E-state index in [4.69, 9.17) is 14.2 Å². The molecule has 0 aliphatic carbocycles. The fourth-order valence-corrected chi connectivity index (χ4v) is 6.19. The van der Waals surface area contributed by atoms with Crippen LogP contribution in [0, 0.1) is 12.7 Å². The van der Waals surface area contributed by atoms with E-state index >= 15 is 4.39 Å². The Kier molecular flexibility index (Phi) is 12.2. The van der Waals surface area contributed by atoms with Crippen LogP contribution in [-0.4, -0.2) is 91.6 Å². The molecular formula is C38H45FN6O5. The van der Waals surface area contributed by atoms with E-state index in [0.717, 1.165) is 55.8 Å². The van der Waals surface area contributed by atoms with Gasteiger partial charge in [0.15, 0.2) is 11.6 Å². The van der Waals surface area contributed by atoms with Crippen molar-refractivity contribution in [2.45, 2.75) is 25.8 Å². The molecule has 1 aromatic heterocycles. The van der Waals surface area contributed by atoms with E-state index in [2.05, 4.69) is 38.7 Å². The molecule has 1 amide bonds. The molecule has 0 saturated carbocycles. The number of rotatable bonds is 15. The Balaban J connectivity index is 1.42. The monoisotopic (exact) mass is 684 g/mol. The molecule has 1 aliphatic heterocycles. The normalized spacial score (nSPS) is 14.1. The van der Waals surface area contributed by atoms with Crippen molar-refractivity contribution >= 4 is 23.5 Å². The van der Waals surface area contributed by atoms with Crippen molar-refractivity contribution in [3.05, 3.63) is 108 Å². The van der Waals surface area contributed by atoms with Gasteiger partial charge in [-0.2, -0.15) is 4.98 Å². The van der Waals surface area contributed by atoms with Gasteiger partial charge >= 0.3 is 6.09 Å². The number of nitrogens with one attached hydrogen (secondary N) is 1. The Morgan fingerprint density at radius 2 is 1.86 bits per heavy atom. The first-order chi connectivity index (χ1) is 24.2. The molecule has 2 heterocycles. The summed E-state index contributed by atoms with van der Waals surface area (Å²) in [6.07, 6.45) is 3.28. The first kappa shape index (κ1) is 36.1. The van der Waals surface area contributed by atoms with Crippen molar-refractivity contribution in [2.24, 2.45) is 0 Å². The molecule has 5 rings (SSSR count). The third-order valence-corrected chi connectivity index (χ3v) is 8.80. The Morgan fingerprint density at radius 3 is 2.56 bits per heavy atom. The molecule has 11 nitrogen and oxygen atoms in total. The first-order valence-electron chi connectivity index (χ1n) is 16.6. The number of hydrogen-bond donors (Lipinski definition) is 2. The molecule has 2 N–H and O–H groups in total. The summed E-state index contributed by atoms with van der Waals surface area (Å²) in [5.74, 6) is 0.811. The zero-order valence-corrected chi connectivity index (χ0v) is 29.1. The predicted octanol–water partition coefficient (Wildman–Crippen LogP) is 6.70. The number of amides is 1. The molecule has 264 valence electrons. The average Bonchev–Trinajstić information content (AvgIpc) is 3.11. The Labute approximate surface area is 292 Å². The number of aromatic nitrogens is 2. The van der Waals surface area contributed by atoms with Crippen LogP contribution in [0.4, 0.5) is 26.6 Å². The molecular weight excluding hydrogens is 639 g/mol. The van der Waals surface area contributed by atoms with Crippen molar-refractivity contribution < 1.29 is 28.5 Å². The van der Waals surface area contributed by atoms with Crippen molar-refractivity contribution in [3.63, 3.8) is 0 Å². The molecule has 3 aromatic carbocycles. The second-order valence-electron chi connectivity index (χ2n) is 12.2. The number of halogens is 1. The number of ether oxygens (including phenoxy) is 3. The van der Waals surface area contributed by atoms with Crippen LogP contribution < -0.4 is 24.4 Å². The molecule has 0 bridgehead atoms. The van der Waals surface area contributed by atoms with E-state index in [1.54, 1.807) is 43.5 Å². The predicted molar refractivity (Wildman–Crippen MR) is 193 cm³/mol. The number of carboxylic acid groups (broad SMARTS) is 1. The zero-order chi connectivity index (χ0) is 35.6. The van der Waals surface area contributed by atoms with Gasteiger partial charge in [0, 0.05) is 56.2 Å². The Morgan fingerprint density at radius 1 is 1.08 bits per heavy atom. The first-order valence-corrected chi connectivity index (χ1v) is 16.6. The van der Waals surface area contributed by atoms with E-state index in [9.17, 15) is 9.90 Å². The maximum Gasteiger partial charge on any atom is 0.413 e. The van der Waals surface area contributed by atoms with Gasteiger partial charge in [0.25, 0.3) is 0 Å². The lowest BCUT2D eigenvalue weighted by Crippen LogP contribution is -2.44. The van der Waals surface area contributed by atoms with Crippen LogP contribution in [0.1, 0.15) is 34.7 Å². The van der Waals surface area contributed by atoms with Gasteiger partial charge < -0.3 is 34.4 Å². The van der Waals surface area contributed by atoms with Gasteiger partial charge in [0.2, 0.25) is 5.95 Å². The highest BCUT2D eigenvalue weighted by Gasteiger charge is 2.34. The molecule has 0 spiro atoms. The smallest absolute Gasteiger partial charge is 0.413 e. The topological polar surface area (TPSA) is 113 Å².